The van der Waals surface area contributed by atoms with Crippen LogP contribution in [0.25, 0.3) is 0 Å². The molecule has 2 amide bonds. The van der Waals surface area contributed by atoms with E-state index in [1.54, 1.807) is 23.8 Å². The first kappa shape index (κ1) is 17.5. The molecule has 128 valence electrons. The van der Waals surface area contributed by atoms with Crippen LogP contribution in [-0.2, 0) is 27.4 Å². The summed E-state index contributed by atoms with van der Waals surface area (Å²) in [5.74, 6) is -0.151. The molecule has 0 N–H and O–H groups in total. The van der Waals surface area contributed by atoms with E-state index in [9.17, 15) is 9.59 Å². The van der Waals surface area contributed by atoms with E-state index in [-0.39, 0.29) is 11.8 Å². The molecule has 0 spiro atoms. The van der Waals surface area contributed by atoms with Crippen molar-refractivity contribution in [2.75, 3.05) is 26.7 Å². The molecule has 1 aromatic heterocycles. The number of nitrogens with zero attached hydrogens (tertiary/aromatic N) is 4. The number of hydrogen-bond acceptors (Lipinski definition) is 4. The molecule has 0 unspecified atom stereocenters. The van der Waals surface area contributed by atoms with Crippen molar-refractivity contribution in [3.8, 4) is 0 Å². The molecule has 0 saturated carbocycles. The molecule has 2 heterocycles. The van der Waals surface area contributed by atoms with Gasteiger partial charge in [-0.2, -0.15) is 5.10 Å². The van der Waals surface area contributed by atoms with Gasteiger partial charge < -0.3 is 14.5 Å². The minimum atomic E-state index is -0.993. The summed E-state index contributed by atoms with van der Waals surface area (Å²) in [6, 6.07) is 0. The maximum Gasteiger partial charge on any atom is 0.256 e. The minimum Gasteiger partial charge on any atom is -0.362 e. The largest absolute Gasteiger partial charge is 0.362 e. The van der Waals surface area contributed by atoms with Crippen LogP contribution in [0.2, 0.25) is 0 Å². The minimum absolute atomic E-state index is 0.0324. The van der Waals surface area contributed by atoms with Crippen LogP contribution >= 0.6 is 0 Å². The molecular weight excluding hydrogens is 296 g/mol. The third-order valence-electron chi connectivity index (χ3n) is 4.30. The van der Waals surface area contributed by atoms with Crippen molar-refractivity contribution in [3.05, 3.63) is 17.5 Å². The normalized spacial score (nSPS) is 21.3. The monoisotopic (exact) mass is 322 g/mol. The Balaban J connectivity index is 2.08. The zero-order chi connectivity index (χ0) is 17.2. The van der Waals surface area contributed by atoms with Crippen LogP contribution < -0.4 is 0 Å². The standard InChI is InChI=1S/C16H26N4O3/c1-6-20-10-14(12(2)17-20)9-18(5)15(22)16(4)11-19(13(3)21)7-8-23-16/h10H,6-9,11H2,1-5H3/t16-/m0/s1. The van der Waals surface area contributed by atoms with Gasteiger partial charge in [0.1, 0.15) is 0 Å². The average Bonchev–Trinajstić information content (AvgIpc) is 2.86. The van der Waals surface area contributed by atoms with Gasteiger partial charge in [0.2, 0.25) is 5.91 Å². The molecule has 23 heavy (non-hydrogen) atoms. The summed E-state index contributed by atoms with van der Waals surface area (Å²) < 4.78 is 7.58. The van der Waals surface area contributed by atoms with Gasteiger partial charge in [-0.25, -0.2) is 0 Å². The SMILES string of the molecule is CCn1cc(CN(C)C(=O)[C@]2(C)CN(C(C)=O)CCO2)c(C)n1. The van der Waals surface area contributed by atoms with Crippen LogP contribution in [0, 0.1) is 6.92 Å². The first-order valence-corrected chi connectivity index (χ1v) is 7.95. The fraction of sp³-hybridized carbons (Fsp3) is 0.688. The van der Waals surface area contributed by atoms with Gasteiger partial charge in [0.05, 0.1) is 18.8 Å². The van der Waals surface area contributed by atoms with Gasteiger partial charge in [0.15, 0.2) is 5.60 Å². The van der Waals surface area contributed by atoms with Crippen molar-refractivity contribution in [1.29, 1.82) is 0 Å². The molecule has 0 aromatic carbocycles. The number of ether oxygens (including phenoxy) is 1. The van der Waals surface area contributed by atoms with Crippen molar-refractivity contribution in [1.82, 2.24) is 19.6 Å². The van der Waals surface area contributed by atoms with Crippen LogP contribution in [0.15, 0.2) is 6.20 Å². The summed E-state index contributed by atoms with van der Waals surface area (Å²) in [6.07, 6.45) is 1.96. The van der Waals surface area contributed by atoms with Gasteiger partial charge in [-0.1, -0.05) is 0 Å². The molecule has 0 bridgehead atoms. The predicted molar refractivity (Wildman–Crippen MR) is 85.7 cm³/mol. The summed E-state index contributed by atoms with van der Waals surface area (Å²) in [6.45, 7) is 9.71. The second-order valence-electron chi connectivity index (χ2n) is 6.28. The molecule has 1 aliphatic rings. The molecule has 0 radical (unpaired) electrons. The molecule has 1 fully saturated rings. The highest BCUT2D eigenvalue weighted by Gasteiger charge is 2.41. The fourth-order valence-corrected chi connectivity index (χ4v) is 2.88. The Kier molecular flexibility index (Phi) is 5.09. The Bertz CT molecular complexity index is 598. The summed E-state index contributed by atoms with van der Waals surface area (Å²) in [7, 11) is 1.76. The van der Waals surface area contributed by atoms with Gasteiger partial charge in [-0.05, 0) is 20.8 Å². The maximum absolute atomic E-state index is 12.8. The lowest BCUT2D eigenvalue weighted by atomic mass is 10.0. The highest BCUT2D eigenvalue weighted by molar-refractivity contribution is 5.86. The molecule has 1 aromatic rings. The second kappa shape index (κ2) is 6.70. The summed E-state index contributed by atoms with van der Waals surface area (Å²) in [4.78, 5) is 27.7. The third kappa shape index (κ3) is 3.72. The molecular formula is C16H26N4O3. The number of amides is 2. The molecule has 1 aliphatic heterocycles. The summed E-state index contributed by atoms with van der Waals surface area (Å²) >= 11 is 0. The molecule has 0 aliphatic carbocycles. The number of aryl methyl sites for hydroxylation is 2. The van der Waals surface area contributed by atoms with Crippen LogP contribution in [0.3, 0.4) is 0 Å². The number of rotatable bonds is 4. The highest BCUT2D eigenvalue weighted by atomic mass is 16.5. The van der Waals surface area contributed by atoms with E-state index in [1.165, 1.54) is 6.92 Å². The van der Waals surface area contributed by atoms with E-state index in [4.69, 9.17) is 4.74 Å². The summed E-state index contributed by atoms with van der Waals surface area (Å²) in [5, 5.41) is 4.40. The molecule has 2 rings (SSSR count). The Morgan fingerprint density at radius 3 is 2.74 bits per heavy atom. The van der Waals surface area contributed by atoms with Gasteiger partial charge in [0.25, 0.3) is 5.91 Å². The maximum atomic E-state index is 12.8. The number of carbonyl (C=O) groups excluding carboxylic acids is 2. The van der Waals surface area contributed by atoms with Crippen molar-refractivity contribution in [2.24, 2.45) is 0 Å². The van der Waals surface area contributed by atoms with Crippen molar-refractivity contribution in [3.63, 3.8) is 0 Å². The zero-order valence-electron chi connectivity index (χ0n) is 14.6. The van der Waals surface area contributed by atoms with E-state index < -0.39 is 5.60 Å². The molecule has 7 heteroatoms. The van der Waals surface area contributed by atoms with Crippen molar-refractivity contribution in [2.45, 2.75) is 46.4 Å². The van der Waals surface area contributed by atoms with Crippen LogP contribution in [-0.4, -0.2) is 63.7 Å². The Morgan fingerprint density at radius 2 is 2.17 bits per heavy atom. The van der Waals surface area contributed by atoms with Crippen LogP contribution in [0.1, 0.15) is 32.0 Å². The smallest absolute Gasteiger partial charge is 0.256 e. The average molecular weight is 322 g/mol. The number of likely N-dealkylation sites (N-methyl/N-ethyl adjacent to an activating group) is 1. The van der Waals surface area contributed by atoms with E-state index in [0.717, 1.165) is 17.8 Å². The third-order valence-corrected chi connectivity index (χ3v) is 4.30. The van der Waals surface area contributed by atoms with Gasteiger partial charge in [-0.3, -0.25) is 14.3 Å². The lowest BCUT2D eigenvalue weighted by Gasteiger charge is -2.40. The van der Waals surface area contributed by atoms with E-state index >= 15 is 0 Å². The number of morpholine rings is 1. The fourth-order valence-electron chi connectivity index (χ4n) is 2.88. The van der Waals surface area contributed by atoms with Gasteiger partial charge >= 0.3 is 0 Å². The van der Waals surface area contributed by atoms with Crippen molar-refractivity contribution >= 4 is 11.8 Å². The first-order chi connectivity index (χ1) is 10.8. The van der Waals surface area contributed by atoms with Crippen LogP contribution in [0.5, 0.6) is 0 Å². The number of carbonyl (C=O) groups is 2. The first-order valence-electron chi connectivity index (χ1n) is 7.95. The number of hydrogen-bond donors (Lipinski definition) is 0. The van der Waals surface area contributed by atoms with E-state index in [1.807, 2.05) is 24.7 Å². The number of aromatic nitrogens is 2. The summed E-state index contributed by atoms with van der Waals surface area (Å²) in [5.41, 5.74) is 0.949. The van der Waals surface area contributed by atoms with Crippen molar-refractivity contribution < 1.29 is 14.3 Å². The Hall–Kier alpha value is -1.89. The lowest BCUT2D eigenvalue weighted by Crippen LogP contribution is -2.59. The van der Waals surface area contributed by atoms with E-state index in [2.05, 4.69) is 5.10 Å². The molecule has 1 saturated heterocycles. The highest BCUT2D eigenvalue weighted by Crippen LogP contribution is 2.21. The zero-order valence-corrected chi connectivity index (χ0v) is 14.6. The topological polar surface area (TPSA) is 67.7 Å². The van der Waals surface area contributed by atoms with E-state index in [0.29, 0.717) is 26.2 Å². The van der Waals surface area contributed by atoms with Crippen LogP contribution in [0.4, 0.5) is 0 Å². The predicted octanol–water partition coefficient (Wildman–Crippen LogP) is 0.807. The Labute approximate surface area is 137 Å². The molecule has 1 atom stereocenters. The quantitative estimate of drug-likeness (QED) is 0.822. The van der Waals surface area contributed by atoms with Gasteiger partial charge in [0, 0.05) is 45.4 Å². The van der Waals surface area contributed by atoms with Gasteiger partial charge in [-0.15, -0.1) is 0 Å². The Morgan fingerprint density at radius 1 is 1.48 bits per heavy atom. The molecule has 7 nitrogen and oxygen atoms in total. The second-order valence-corrected chi connectivity index (χ2v) is 6.28. The lowest BCUT2D eigenvalue weighted by molar-refractivity contribution is -0.170.